The van der Waals surface area contributed by atoms with Gasteiger partial charge in [-0.2, -0.15) is 0 Å². The van der Waals surface area contributed by atoms with Crippen LogP contribution < -0.4 is 11.1 Å². The van der Waals surface area contributed by atoms with Crippen LogP contribution in [0.4, 0.5) is 0 Å². The van der Waals surface area contributed by atoms with Gasteiger partial charge in [-0.05, 0) is 19.8 Å². The summed E-state index contributed by atoms with van der Waals surface area (Å²) in [5.41, 5.74) is 5.39. The van der Waals surface area contributed by atoms with Gasteiger partial charge in [0, 0.05) is 24.5 Å². The Labute approximate surface area is 114 Å². The maximum absolute atomic E-state index is 12.7. The average Bonchev–Trinajstić information content (AvgIpc) is 2.97. The lowest BCUT2D eigenvalue weighted by atomic mass is 9.48. The number of nitrogens with two attached hydrogens (primary N) is 1. The molecule has 2 aliphatic heterocycles. The smallest absolute Gasteiger partial charge is 0.241 e. The van der Waals surface area contributed by atoms with Gasteiger partial charge in [0.25, 0.3) is 0 Å². The van der Waals surface area contributed by atoms with Gasteiger partial charge in [0.2, 0.25) is 5.91 Å². The van der Waals surface area contributed by atoms with Crippen LogP contribution in [0.5, 0.6) is 0 Å². The third kappa shape index (κ3) is 1.61. The molecule has 3 aliphatic rings. The number of hydrogen-bond acceptors (Lipinski definition) is 4. The molecule has 3 N–H and O–H groups in total. The van der Waals surface area contributed by atoms with E-state index in [0.717, 1.165) is 12.8 Å². The third-order valence-corrected chi connectivity index (χ3v) is 5.52. The number of fused-ring (bicyclic) bond motifs is 1. The molecule has 0 bridgehead atoms. The van der Waals surface area contributed by atoms with E-state index in [-0.39, 0.29) is 35.5 Å². The summed E-state index contributed by atoms with van der Waals surface area (Å²) < 4.78 is 11.2. The number of carbonyl (C=O) groups excluding carboxylic acids is 1. The Morgan fingerprint density at radius 1 is 1.26 bits per heavy atom. The van der Waals surface area contributed by atoms with Gasteiger partial charge in [-0.1, -0.05) is 13.8 Å². The van der Waals surface area contributed by atoms with Crippen molar-refractivity contribution in [2.24, 2.45) is 17.1 Å². The molecule has 5 atom stereocenters. The van der Waals surface area contributed by atoms with Crippen LogP contribution in [0.15, 0.2) is 0 Å². The second kappa shape index (κ2) is 4.17. The average molecular weight is 268 g/mol. The summed E-state index contributed by atoms with van der Waals surface area (Å²) in [5, 5.41) is 3.09. The van der Waals surface area contributed by atoms with Crippen molar-refractivity contribution >= 4 is 5.91 Å². The van der Waals surface area contributed by atoms with Crippen LogP contribution in [0.1, 0.15) is 33.6 Å². The third-order valence-electron chi connectivity index (χ3n) is 5.52. The maximum atomic E-state index is 12.7. The summed E-state index contributed by atoms with van der Waals surface area (Å²) in [6.07, 6.45) is 1.95. The van der Waals surface area contributed by atoms with Crippen LogP contribution in [0.25, 0.3) is 0 Å². The number of ether oxygens (including phenoxy) is 2. The molecule has 1 amide bonds. The standard InChI is InChI=1S/C14H24N2O3/c1-8-10(5-7-18-8)16-12(17)14(15)9-4-6-19-11(9)13(14,2)3/h8-11H,4-7,15H2,1-3H3,(H,16,17). The Morgan fingerprint density at radius 2 is 1.95 bits per heavy atom. The van der Waals surface area contributed by atoms with Crippen molar-refractivity contribution in [3.05, 3.63) is 0 Å². The second-order valence-electron chi connectivity index (χ2n) is 6.72. The molecule has 3 rings (SSSR count). The fourth-order valence-electron chi connectivity index (χ4n) is 4.05. The van der Waals surface area contributed by atoms with E-state index in [4.69, 9.17) is 15.2 Å². The van der Waals surface area contributed by atoms with E-state index in [2.05, 4.69) is 5.32 Å². The number of carbonyl (C=O) groups is 1. The number of nitrogens with one attached hydrogen (secondary N) is 1. The summed E-state index contributed by atoms with van der Waals surface area (Å²) in [7, 11) is 0. The zero-order valence-corrected chi connectivity index (χ0v) is 11.9. The molecule has 1 saturated carbocycles. The van der Waals surface area contributed by atoms with E-state index in [0.29, 0.717) is 13.2 Å². The summed E-state index contributed by atoms with van der Waals surface area (Å²) in [5.74, 6) is 0.117. The van der Waals surface area contributed by atoms with Crippen LogP contribution in [0.3, 0.4) is 0 Å². The first-order valence-electron chi connectivity index (χ1n) is 7.22. The highest BCUT2D eigenvalue weighted by atomic mass is 16.5. The first-order valence-corrected chi connectivity index (χ1v) is 7.22. The molecule has 2 heterocycles. The Bertz CT molecular complexity index is 398. The minimum absolute atomic E-state index is 0.0356. The van der Waals surface area contributed by atoms with Gasteiger partial charge in [0.05, 0.1) is 18.2 Å². The lowest BCUT2D eigenvalue weighted by Crippen LogP contribution is -2.80. The topological polar surface area (TPSA) is 73.6 Å². The van der Waals surface area contributed by atoms with Gasteiger partial charge in [0.1, 0.15) is 5.54 Å². The van der Waals surface area contributed by atoms with Crippen LogP contribution in [0.2, 0.25) is 0 Å². The van der Waals surface area contributed by atoms with E-state index in [1.54, 1.807) is 0 Å². The monoisotopic (exact) mass is 268 g/mol. The Balaban J connectivity index is 1.75. The van der Waals surface area contributed by atoms with Crippen LogP contribution in [-0.4, -0.2) is 42.9 Å². The molecule has 0 aromatic carbocycles. The molecule has 0 aromatic heterocycles. The molecule has 0 radical (unpaired) electrons. The van der Waals surface area contributed by atoms with Crippen molar-refractivity contribution in [2.75, 3.05) is 13.2 Å². The minimum Gasteiger partial charge on any atom is -0.377 e. The molecule has 2 saturated heterocycles. The van der Waals surface area contributed by atoms with E-state index < -0.39 is 5.54 Å². The summed E-state index contributed by atoms with van der Waals surface area (Å²) in [6, 6.07) is 0.0881. The quantitative estimate of drug-likeness (QED) is 0.761. The first kappa shape index (κ1) is 13.3. The first-order chi connectivity index (χ1) is 8.89. The Morgan fingerprint density at radius 3 is 2.58 bits per heavy atom. The van der Waals surface area contributed by atoms with Crippen molar-refractivity contribution in [2.45, 2.75) is 57.4 Å². The minimum atomic E-state index is -0.809. The lowest BCUT2D eigenvalue weighted by molar-refractivity contribution is -0.176. The Kier molecular flexibility index (Phi) is 2.93. The van der Waals surface area contributed by atoms with Crippen LogP contribution in [-0.2, 0) is 14.3 Å². The highest BCUT2D eigenvalue weighted by Gasteiger charge is 2.71. The molecule has 1 aliphatic carbocycles. The molecular formula is C14H24N2O3. The Hall–Kier alpha value is -0.650. The maximum Gasteiger partial charge on any atom is 0.241 e. The molecule has 0 aromatic rings. The van der Waals surface area contributed by atoms with Gasteiger partial charge in [-0.25, -0.2) is 0 Å². The molecule has 5 unspecified atom stereocenters. The molecule has 0 spiro atoms. The molecule has 19 heavy (non-hydrogen) atoms. The van der Waals surface area contributed by atoms with Crippen molar-refractivity contribution in [1.82, 2.24) is 5.32 Å². The van der Waals surface area contributed by atoms with E-state index in [1.165, 1.54) is 0 Å². The van der Waals surface area contributed by atoms with Gasteiger partial charge >= 0.3 is 0 Å². The van der Waals surface area contributed by atoms with Crippen LogP contribution in [0, 0.1) is 11.3 Å². The van der Waals surface area contributed by atoms with Gasteiger partial charge in [0.15, 0.2) is 0 Å². The van der Waals surface area contributed by atoms with Crippen molar-refractivity contribution < 1.29 is 14.3 Å². The fraction of sp³-hybridized carbons (Fsp3) is 0.929. The number of rotatable bonds is 2. The van der Waals surface area contributed by atoms with E-state index >= 15 is 0 Å². The predicted octanol–water partition coefficient (Wildman–Crippen LogP) is 0.422. The van der Waals surface area contributed by atoms with Crippen molar-refractivity contribution in [3.63, 3.8) is 0 Å². The predicted molar refractivity (Wildman–Crippen MR) is 70.5 cm³/mol. The zero-order valence-electron chi connectivity index (χ0n) is 11.9. The fourth-order valence-corrected chi connectivity index (χ4v) is 4.05. The van der Waals surface area contributed by atoms with E-state index in [9.17, 15) is 4.79 Å². The number of amides is 1. The van der Waals surface area contributed by atoms with Gasteiger partial charge < -0.3 is 20.5 Å². The highest BCUT2D eigenvalue weighted by molar-refractivity contribution is 5.89. The highest BCUT2D eigenvalue weighted by Crippen LogP contribution is 2.58. The molecule has 3 fully saturated rings. The van der Waals surface area contributed by atoms with Crippen molar-refractivity contribution in [1.29, 1.82) is 0 Å². The largest absolute Gasteiger partial charge is 0.377 e. The summed E-state index contributed by atoms with van der Waals surface area (Å²) in [4.78, 5) is 12.7. The SMILES string of the molecule is CC1OCCC1NC(=O)C1(N)C2CCOC2C1(C)C. The van der Waals surface area contributed by atoms with Crippen LogP contribution >= 0.6 is 0 Å². The van der Waals surface area contributed by atoms with Gasteiger partial charge in [-0.3, -0.25) is 4.79 Å². The molecule has 5 nitrogen and oxygen atoms in total. The molecule has 108 valence electrons. The van der Waals surface area contributed by atoms with E-state index in [1.807, 2.05) is 20.8 Å². The number of hydrogen-bond donors (Lipinski definition) is 2. The second-order valence-corrected chi connectivity index (χ2v) is 6.72. The summed E-state index contributed by atoms with van der Waals surface area (Å²) in [6.45, 7) is 7.49. The molecular weight excluding hydrogens is 244 g/mol. The van der Waals surface area contributed by atoms with Gasteiger partial charge in [-0.15, -0.1) is 0 Å². The normalized spacial score (nSPS) is 47.6. The molecule has 5 heteroatoms. The lowest BCUT2D eigenvalue weighted by Gasteiger charge is -2.60. The summed E-state index contributed by atoms with van der Waals surface area (Å²) >= 11 is 0. The van der Waals surface area contributed by atoms with Crippen molar-refractivity contribution in [3.8, 4) is 0 Å². The zero-order chi connectivity index (χ0) is 13.8.